The average Bonchev–Trinajstić information content (AvgIpc) is 2.66. The molecule has 1 aliphatic heterocycles. The lowest BCUT2D eigenvalue weighted by molar-refractivity contribution is -0.131. The lowest BCUT2D eigenvalue weighted by Crippen LogP contribution is -2.31. The molecule has 15 heavy (non-hydrogen) atoms. The molecule has 0 aromatic carbocycles. The third-order valence-electron chi connectivity index (χ3n) is 3.15. The fourth-order valence-corrected chi connectivity index (χ4v) is 2.24. The maximum Gasteiger partial charge on any atom is 0.223 e. The van der Waals surface area contributed by atoms with Crippen molar-refractivity contribution in [3.63, 3.8) is 0 Å². The molecular weight excluding hydrogens is 190 g/mol. The summed E-state index contributed by atoms with van der Waals surface area (Å²) in [4.78, 5) is 24.9. The highest BCUT2D eigenvalue weighted by Crippen LogP contribution is 2.19. The first kappa shape index (κ1) is 10.4. The number of hydrogen-bond acceptors (Lipinski definition) is 2. The Kier molecular flexibility index (Phi) is 3.19. The quantitative estimate of drug-likeness (QED) is 0.706. The van der Waals surface area contributed by atoms with Crippen LogP contribution in [-0.4, -0.2) is 29.7 Å². The number of ketones is 1. The van der Waals surface area contributed by atoms with E-state index in [9.17, 15) is 9.59 Å². The number of rotatable bonds is 3. The molecule has 0 atom stereocenters. The zero-order chi connectivity index (χ0) is 10.7. The van der Waals surface area contributed by atoms with Crippen LogP contribution in [0, 0.1) is 0 Å². The molecule has 0 aromatic heterocycles. The van der Waals surface area contributed by atoms with E-state index in [0.29, 0.717) is 13.0 Å². The first-order chi connectivity index (χ1) is 7.27. The van der Waals surface area contributed by atoms with Gasteiger partial charge in [0.15, 0.2) is 5.78 Å². The maximum atomic E-state index is 11.8. The van der Waals surface area contributed by atoms with Crippen molar-refractivity contribution in [3.05, 3.63) is 11.6 Å². The highest BCUT2D eigenvalue weighted by atomic mass is 16.2. The molecule has 1 saturated heterocycles. The Morgan fingerprint density at radius 2 is 2.13 bits per heavy atom. The lowest BCUT2D eigenvalue weighted by atomic mass is 9.96. The van der Waals surface area contributed by atoms with Gasteiger partial charge in [0, 0.05) is 13.0 Å². The highest BCUT2D eigenvalue weighted by Gasteiger charge is 2.23. The zero-order valence-corrected chi connectivity index (χ0v) is 9.00. The van der Waals surface area contributed by atoms with Gasteiger partial charge in [0.1, 0.15) is 0 Å². The minimum absolute atomic E-state index is 0.139. The summed E-state index contributed by atoms with van der Waals surface area (Å²) in [6.45, 7) is 1.07. The van der Waals surface area contributed by atoms with Gasteiger partial charge in [-0.15, -0.1) is 0 Å². The predicted molar refractivity (Wildman–Crippen MR) is 57.4 cm³/mol. The van der Waals surface area contributed by atoms with Crippen LogP contribution in [0.15, 0.2) is 11.6 Å². The monoisotopic (exact) mass is 207 g/mol. The molecule has 1 fully saturated rings. The van der Waals surface area contributed by atoms with Crippen molar-refractivity contribution < 1.29 is 9.59 Å². The molecule has 0 unspecified atom stereocenters. The molecule has 0 saturated carbocycles. The summed E-state index contributed by atoms with van der Waals surface area (Å²) in [5, 5.41) is 0. The standard InChI is InChI=1S/C12H17NO2/c14-11(10-5-2-1-3-6-10)9-13-8-4-7-12(13)15/h5H,1-4,6-9H2. The van der Waals surface area contributed by atoms with E-state index < -0.39 is 0 Å². The molecule has 3 heteroatoms. The van der Waals surface area contributed by atoms with Crippen LogP contribution >= 0.6 is 0 Å². The molecule has 0 radical (unpaired) electrons. The Morgan fingerprint density at radius 1 is 1.27 bits per heavy atom. The molecule has 0 N–H and O–H groups in total. The number of nitrogens with zero attached hydrogens (tertiary/aromatic N) is 1. The van der Waals surface area contributed by atoms with E-state index in [1.54, 1.807) is 4.90 Å². The fraction of sp³-hybridized carbons (Fsp3) is 0.667. The molecule has 3 nitrogen and oxygen atoms in total. The van der Waals surface area contributed by atoms with Gasteiger partial charge in [-0.1, -0.05) is 6.08 Å². The zero-order valence-electron chi connectivity index (χ0n) is 9.00. The summed E-state index contributed by atoms with van der Waals surface area (Å²) in [6, 6.07) is 0. The molecule has 2 rings (SSSR count). The molecule has 0 aromatic rings. The largest absolute Gasteiger partial charge is 0.335 e. The Labute approximate surface area is 90.1 Å². The SMILES string of the molecule is O=C(CN1CCCC1=O)C1=CCCCC1. The van der Waals surface area contributed by atoms with Crippen LogP contribution in [0.5, 0.6) is 0 Å². The molecule has 0 bridgehead atoms. The number of likely N-dealkylation sites (tertiary alicyclic amines) is 1. The second kappa shape index (κ2) is 4.60. The number of carbonyl (C=O) groups is 2. The number of Topliss-reactive ketones (excluding diaryl/α,β-unsaturated/α-hetero) is 1. The van der Waals surface area contributed by atoms with E-state index in [1.165, 1.54) is 6.42 Å². The molecule has 0 spiro atoms. The van der Waals surface area contributed by atoms with Crippen LogP contribution in [-0.2, 0) is 9.59 Å². The van der Waals surface area contributed by atoms with Crippen molar-refractivity contribution in [2.24, 2.45) is 0 Å². The number of carbonyl (C=O) groups excluding carboxylic acids is 2. The second-order valence-corrected chi connectivity index (χ2v) is 4.32. The summed E-state index contributed by atoms with van der Waals surface area (Å²) in [7, 11) is 0. The van der Waals surface area contributed by atoms with Crippen LogP contribution in [0.25, 0.3) is 0 Å². The predicted octanol–water partition coefficient (Wildman–Crippen LogP) is 1.68. The normalized spacial score (nSPS) is 21.7. The third kappa shape index (κ3) is 2.46. The molecule has 1 aliphatic carbocycles. The first-order valence-corrected chi connectivity index (χ1v) is 5.77. The highest BCUT2D eigenvalue weighted by molar-refractivity contribution is 5.99. The van der Waals surface area contributed by atoms with Crippen molar-refractivity contribution in [2.75, 3.05) is 13.1 Å². The maximum absolute atomic E-state index is 11.8. The van der Waals surface area contributed by atoms with E-state index in [-0.39, 0.29) is 11.7 Å². The number of allylic oxidation sites excluding steroid dienone is 1. The van der Waals surface area contributed by atoms with E-state index in [4.69, 9.17) is 0 Å². The summed E-state index contributed by atoms with van der Waals surface area (Å²) in [5.74, 6) is 0.296. The van der Waals surface area contributed by atoms with Gasteiger partial charge >= 0.3 is 0 Å². The molecule has 82 valence electrons. The minimum atomic E-state index is 0.139. The second-order valence-electron chi connectivity index (χ2n) is 4.32. The fourth-order valence-electron chi connectivity index (χ4n) is 2.24. The van der Waals surface area contributed by atoms with Crippen LogP contribution in [0.1, 0.15) is 38.5 Å². The molecular formula is C12H17NO2. The van der Waals surface area contributed by atoms with Gasteiger partial charge in [-0.05, 0) is 37.7 Å². The molecule has 2 aliphatic rings. The van der Waals surface area contributed by atoms with Gasteiger partial charge in [0.05, 0.1) is 6.54 Å². The van der Waals surface area contributed by atoms with Crippen LogP contribution in [0.3, 0.4) is 0 Å². The van der Waals surface area contributed by atoms with Gasteiger partial charge in [-0.2, -0.15) is 0 Å². The van der Waals surface area contributed by atoms with Crippen molar-refractivity contribution in [1.82, 2.24) is 4.90 Å². The van der Waals surface area contributed by atoms with Crippen LogP contribution in [0.4, 0.5) is 0 Å². The summed E-state index contributed by atoms with van der Waals surface area (Å²) in [6.07, 6.45) is 7.81. The van der Waals surface area contributed by atoms with Gasteiger partial charge in [0.2, 0.25) is 5.91 Å². The van der Waals surface area contributed by atoms with E-state index in [1.807, 2.05) is 6.08 Å². The molecule has 1 heterocycles. The van der Waals surface area contributed by atoms with Gasteiger partial charge < -0.3 is 4.90 Å². The van der Waals surface area contributed by atoms with Gasteiger partial charge in [-0.25, -0.2) is 0 Å². The topological polar surface area (TPSA) is 37.4 Å². The Morgan fingerprint density at radius 3 is 2.73 bits per heavy atom. The Bertz CT molecular complexity index is 307. The van der Waals surface area contributed by atoms with E-state index in [0.717, 1.165) is 37.8 Å². The number of amides is 1. The Hall–Kier alpha value is -1.12. The van der Waals surface area contributed by atoms with Crippen molar-refractivity contribution >= 4 is 11.7 Å². The average molecular weight is 207 g/mol. The summed E-state index contributed by atoms with van der Waals surface area (Å²) in [5.41, 5.74) is 0.945. The Balaban J connectivity index is 1.91. The lowest BCUT2D eigenvalue weighted by Gasteiger charge is -2.17. The van der Waals surface area contributed by atoms with Gasteiger partial charge in [0.25, 0.3) is 0 Å². The molecule has 1 amide bonds. The summed E-state index contributed by atoms with van der Waals surface area (Å²) >= 11 is 0. The third-order valence-corrected chi connectivity index (χ3v) is 3.15. The van der Waals surface area contributed by atoms with Crippen molar-refractivity contribution in [3.8, 4) is 0 Å². The van der Waals surface area contributed by atoms with E-state index in [2.05, 4.69) is 0 Å². The first-order valence-electron chi connectivity index (χ1n) is 5.77. The van der Waals surface area contributed by atoms with Crippen LogP contribution < -0.4 is 0 Å². The smallest absolute Gasteiger partial charge is 0.223 e. The van der Waals surface area contributed by atoms with Crippen molar-refractivity contribution in [1.29, 1.82) is 0 Å². The van der Waals surface area contributed by atoms with Gasteiger partial charge in [-0.3, -0.25) is 9.59 Å². The van der Waals surface area contributed by atoms with Crippen molar-refractivity contribution in [2.45, 2.75) is 38.5 Å². The summed E-state index contributed by atoms with van der Waals surface area (Å²) < 4.78 is 0. The van der Waals surface area contributed by atoms with Crippen LogP contribution in [0.2, 0.25) is 0 Å². The van der Waals surface area contributed by atoms with E-state index >= 15 is 0 Å². The minimum Gasteiger partial charge on any atom is -0.335 e. The number of hydrogen-bond donors (Lipinski definition) is 0.